The lowest BCUT2D eigenvalue weighted by atomic mass is 10.2. The van der Waals surface area contributed by atoms with Gasteiger partial charge in [0.2, 0.25) is 0 Å². The fourth-order valence-electron chi connectivity index (χ4n) is 1.80. The lowest BCUT2D eigenvalue weighted by molar-refractivity contribution is 0.426. The van der Waals surface area contributed by atoms with Crippen molar-refractivity contribution in [3.05, 3.63) is 47.3 Å². The topological polar surface area (TPSA) is 29.9 Å². The molecule has 1 aromatic heterocycles. The molecule has 0 aliphatic carbocycles. The summed E-state index contributed by atoms with van der Waals surface area (Å²) in [6.45, 7) is 1.76. The van der Waals surface area contributed by atoms with Gasteiger partial charge in [-0.25, -0.2) is 13.2 Å². The summed E-state index contributed by atoms with van der Waals surface area (Å²) in [7, 11) is 0. The summed E-state index contributed by atoms with van der Waals surface area (Å²) in [4.78, 5) is 0. The summed E-state index contributed by atoms with van der Waals surface area (Å²) in [6.07, 6.45) is 1.67. The van der Waals surface area contributed by atoms with E-state index in [0.717, 1.165) is 11.8 Å². The molecule has 2 rings (SSSR count). The van der Waals surface area contributed by atoms with Gasteiger partial charge in [0.25, 0.3) is 0 Å². The molecule has 0 fully saturated rings. The van der Waals surface area contributed by atoms with Crippen LogP contribution in [0.3, 0.4) is 0 Å². The summed E-state index contributed by atoms with van der Waals surface area (Å²) in [5.74, 6) is -1.22. The van der Waals surface area contributed by atoms with Crippen LogP contribution in [0.15, 0.2) is 24.4 Å². The van der Waals surface area contributed by atoms with E-state index in [1.807, 2.05) is 0 Å². The number of nitrogens with zero attached hydrogens (tertiary/aromatic N) is 2. The highest BCUT2D eigenvalue weighted by atomic mass is 19.1. The number of alkyl halides is 1. The van der Waals surface area contributed by atoms with E-state index >= 15 is 0 Å². The first-order chi connectivity index (χ1) is 9.08. The van der Waals surface area contributed by atoms with Gasteiger partial charge in [0.05, 0.1) is 17.9 Å². The third-order valence-electron chi connectivity index (χ3n) is 2.67. The number of anilines is 1. The Morgan fingerprint density at radius 1 is 1.21 bits per heavy atom. The first-order valence-corrected chi connectivity index (χ1v) is 5.87. The van der Waals surface area contributed by atoms with Crippen molar-refractivity contribution in [1.29, 1.82) is 0 Å². The van der Waals surface area contributed by atoms with Crippen molar-refractivity contribution >= 4 is 5.69 Å². The molecule has 0 saturated carbocycles. The Balaban J connectivity index is 2.05. The van der Waals surface area contributed by atoms with Crippen molar-refractivity contribution in [2.75, 3.05) is 12.0 Å². The minimum absolute atomic E-state index is 0.192. The van der Waals surface area contributed by atoms with Gasteiger partial charge in [-0.15, -0.1) is 0 Å². The third-order valence-corrected chi connectivity index (χ3v) is 2.67. The number of rotatable bonds is 5. The lowest BCUT2D eigenvalue weighted by Crippen LogP contribution is -2.01. The molecule has 102 valence electrons. The van der Waals surface area contributed by atoms with Gasteiger partial charge in [-0.2, -0.15) is 5.10 Å². The molecule has 0 bridgehead atoms. The molecule has 1 N–H and O–H groups in total. The molecule has 2 aromatic rings. The van der Waals surface area contributed by atoms with E-state index in [4.69, 9.17) is 0 Å². The molecule has 6 heteroatoms. The number of hydrogen-bond acceptors (Lipinski definition) is 2. The highest BCUT2D eigenvalue weighted by molar-refractivity contribution is 5.46. The largest absolute Gasteiger partial charge is 0.378 e. The molecule has 1 aromatic carbocycles. The van der Waals surface area contributed by atoms with Crippen molar-refractivity contribution in [1.82, 2.24) is 9.78 Å². The van der Waals surface area contributed by atoms with Gasteiger partial charge in [-0.05, 0) is 24.6 Å². The number of hydrogen-bond donors (Lipinski definition) is 1. The van der Waals surface area contributed by atoms with Crippen LogP contribution in [0.1, 0.15) is 11.3 Å². The fraction of sp³-hybridized carbons (Fsp3) is 0.308. The minimum atomic E-state index is -0.610. The van der Waals surface area contributed by atoms with Crippen LogP contribution >= 0.6 is 0 Å². The molecule has 3 nitrogen and oxygen atoms in total. The molecule has 0 radical (unpaired) electrons. The molecule has 19 heavy (non-hydrogen) atoms. The maximum absolute atomic E-state index is 13.0. The number of nitrogens with one attached hydrogen (secondary N) is 1. The molecule has 1 heterocycles. The molecule has 0 amide bonds. The Morgan fingerprint density at radius 3 is 2.53 bits per heavy atom. The van der Waals surface area contributed by atoms with E-state index in [-0.39, 0.29) is 13.1 Å². The van der Waals surface area contributed by atoms with Gasteiger partial charge >= 0.3 is 0 Å². The molecule has 0 aliphatic rings. The van der Waals surface area contributed by atoms with Crippen LogP contribution in [0.5, 0.6) is 0 Å². The van der Waals surface area contributed by atoms with E-state index in [0.29, 0.717) is 11.3 Å². The SMILES string of the molecule is Cc1nn(CCF)cc1NCc1cc(F)cc(F)c1. The smallest absolute Gasteiger partial charge is 0.126 e. The Bertz CT molecular complexity index is 546. The van der Waals surface area contributed by atoms with Crippen LogP contribution in [0, 0.1) is 18.6 Å². The quantitative estimate of drug-likeness (QED) is 0.904. The second kappa shape index (κ2) is 5.77. The summed E-state index contributed by atoms with van der Waals surface area (Å²) in [5.41, 5.74) is 1.93. The Labute approximate surface area is 109 Å². The zero-order valence-corrected chi connectivity index (χ0v) is 10.5. The normalized spacial score (nSPS) is 10.7. The zero-order chi connectivity index (χ0) is 13.8. The van der Waals surface area contributed by atoms with E-state index < -0.39 is 18.3 Å². The Kier molecular flexibility index (Phi) is 4.09. The first kappa shape index (κ1) is 13.5. The summed E-state index contributed by atoms with van der Waals surface area (Å²) < 4.78 is 39.7. The monoisotopic (exact) mass is 269 g/mol. The summed E-state index contributed by atoms with van der Waals surface area (Å²) in [6, 6.07) is 3.35. The van der Waals surface area contributed by atoms with Crippen LogP contribution in [-0.2, 0) is 13.1 Å². The molecular weight excluding hydrogens is 255 g/mol. The maximum atomic E-state index is 13.0. The zero-order valence-electron chi connectivity index (χ0n) is 10.5. The van der Waals surface area contributed by atoms with Crippen molar-refractivity contribution in [3.63, 3.8) is 0 Å². The number of aryl methyl sites for hydroxylation is 2. The predicted octanol–water partition coefficient (Wildman–Crippen LogP) is 3.05. The summed E-state index contributed by atoms with van der Waals surface area (Å²) in [5, 5.41) is 7.14. The summed E-state index contributed by atoms with van der Waals surface area (Å²) >= 11 is 0. The minimum Gasteiger partial charge on any atom is -0.378 e. The number of aromatic nitrogens is 2. The fourth-order valence-corrected chi connectivity index (χ4v) is 1.80. The molecular formula is C13H14F3N3. The van der Waals surface area contributed by atoms with Crippen molar-refractivity contribution in [2.24, 2.45) is 0 Å². The standard InChI is InChI=1S/C13H14F3N3/c1-9-13(8-19(18-9)3-2-14)17-7-10-4-11(15)6-12(16)5-10/h4-6,8,17H,2-3,7H2,1H3. The molecule has 0 saturated heterocycles. The second-order valence-electron chi connectivity index (χ2n) is 4.21. The molecule has 0 aliphatic heterocycles. The average molecular weight is 269 g/mol. The van der Waals surface area contributed by atoms with Crippen molar-refractivity contribution in [2.45, 2.75) is 20.0 Å². The van der Waals surface area contributed by atoms with Gasteiger partial charge in [0.15, 0.2) is 0 Å². The molecule has 0 atom stereocenters. The maximum Gasteiger partial charge on any atom is 0.126 e. The van der Waals surface area contributed by atoms with E-state index in [1.165, 1.54) is 16.8 Å². The lowest BCUT2D eigenvalue weighted by Gasteiger charge is -2.05. The van der Waals surface area contributed by atoms with Gasteiger partial charge in [-0.1, -0.05) is 0 Å². The first-order valence-electron chi connectivity index (χ1n) is 5.87. The van der Waals surface area contributed by atoms with Crippen molar-refractivity contribution in [3.8, 4) is 0 Å². The van der Waals surface area contributed by atoms with Crippen LogP contribution < -0.4 is 5.32 Å². The van der Waals surface area contributed by atoms with Crippen LogP contribution in [0.25, 0.3) is 0 Å². The van der Waals surface area contributed by atoms with Gasteiger partial charge in [0, 0.05) is 18.8 Å². The van der Waals surface area contributed by atoms with Gasteiger partial charge in [0.1, 0.15) is 18.3 Å². The van der Waals surface area contributed by atoms with Crippen LogP contribution in [-0.4, -0.2) is 16.5 Å². The Morgan fingerprint density at radius 2 is 1.89 bits per heavy atom. The van der Waals surface area contributed by atoms with Crippen LogP contribution in [0.4, 0.5) is 18.9 Å². The van der Waals surface area contributed by atoms with Crippen LogP contribution in [0.2, 0.25) is 0 Å². The third kappa shape index (κ3) is 3.49. The predicted molar refractivity (Wildman–Crippen MR) is 66.6 cm³/mol. The number of halogens is 3. The second-order valence-corrected chi connectivity index (χ2v) is 4.21. The highest BCUT2D eigenvalue weighted by Crippen LogP contribution is 2.15. The molecule has 0 unspecified atom stereocenters. The molecule has 0 spiro atoms. The van der Waals surface area contributed by atoms with E-state index in [1.54, 1.807) is 13.1 Å². The van der Waals surface area contributed by atoms with Crippen molar-refractivity contribution < 1.29 is 13.2 Å². The van der Waals surface area contributed by atoms with E-state index in [9.17, 15) is 13.2 Å². The van der Waals surface area contributed by atoms with Gasteiger partial charge in [-0.3, -0.25) is 4.68 Å². The van der Waals surface area contributed by atoms with E-state index in [2.05, 4.69) is 10.4 Å². The van der Waals surface area contributed by atoms with Gasteiger partial charge < -0.3 is 5.32 Å². The highest BCUT2D eigenvalue weighted by Gasteiger charge is 2.05. The average Bonchev–Trinajstić information content (AvgIpc) is 2.66. The Hall–Kier alpha value is -1.98. The number of benzene rings is 1.